The summed E-state index contributed by atoms with van der Waals surface area (Å²) in [5, 5.41) is 12.8. The normalized spacial score (nSPS) is 16.8. The summed E-state index contributed by atoms with van der Waals surface area (Å²) in [6, 6.07) is 10.9. The van der Waals surface area contributed by atoms with E-state index in [2.05, 4.69) is 26.3 Å². The van der Waals surface area contributed by atoms with Crippen molar-refractivity contribution in [3.8, 4) is 17.0 Å². The third-order valence-electron chi connectivity index (χ3n) is 5.10. The Hall–Kier alpha value is -4.25. The number of hydrogen-bond donors (Lipinski definition) is 4. The topological polar surface area (TPSA) is 139 Å². The van der Waals surface area contributed by atoms with E-state index in [1.807, 2.05) is 0 Å². The lowest BCUT2D eigenvalue weighted by Crippen LogP contribution is -2.43. The number of carbonyl (C=O) groups excluding carboxylic acids is 4. The van der Waals surface area contributed by atoms with Gasteiger partial charge in [-0.05, 0) is 30.3 Å². The molecule has 2 aliphatic rings. The molecule has 0 saturated carbocycles. The van der Waals surface area contributed by atoms with Crippen molar-refractivity contribution in [2.45, 2.75) is 12.5 Å². The van der Waals surface area contributed by atoms with Crippen LogP contribution in [0.1, 0.15) is 16.8 Å². The van der Waals surface area contributed by atoms with Crippen molar-refractivity contribution < 1.29 is 23.9 Å². The number of rotatable bonds is 4. The first-order valence-corrected chi connectivity index (χ1v) is 10.9. The molecule has 0 saturated heterocycles. The van der Waals surface area contributed by atoms with Gasteiger partial charge < -0.3 is 26.0 Å². The quantitative estimate of drug-likeness (QED) is 0.468. The third kappa shape index (κ3) is 4.26. The minimum Gasteiger partial charge on any atom is -0.482 e. The fourth-order valence-corrected chi connectivity index (χ4v) is 4.25. The van der Waals surface area contributed by atoms with Crippen LogP contribution in [0.25, 0.3) is 11.3 Å². The average Bonchev–Trinajstić information content (AvgIpc) is 3.22. The minimum absolute atomic E-state index is 0.0230. The number of aromatic nitrogens is 1. The van der Waals surface area contributed by atoms with Crippen LogP contribution in [0.4, 0.5) is 16.5 Å². The number of para-hydroxylation sites is 1. The van der Waals surface area contributed by atoms with E-state index in [0.29, 0.717) is 33.5 Å². The molecular weight excluding hydrogens is 446 g/mol. The van der Waals surface area contributed by atoms with Crippen LogP contribution in [0.5, 0.6) is 5.75 Å². The molecule has 0 bridgehead atoms. The summed E-state index contributed by atoms with van der Waals surface area (Å²) in [5.41, 5.74) is 2.64. The Kier molecular flexibility index (Phi) is 5.23. The predicted octanol–water partition coefficient (Wildman–Crippen LogP) is 2.22. The molecule has 1 aromatic heterocycles. The SMILES string of the molecule is O=C(C[C@@H]1NC(=O)c2ccccc2NC1=O)Nc1nc(-c2ccc3c(c2)NC(=O)CO3)cs1. The van der Waals surface area contributed by atoms with Crippen LogP contribution >= 0.6 is 11.3 Å². The standard InChI is InChI=1S/C22H17N5O5S/c28-18(8-15-21(31)24-13-4-2-1-3-12(13)20(30)25-15)27-22-26-16(10-33-22)11-5-6-17-14(7-11)23-19(29)9-32-17/h1-7,10,15H,8-9H2,(H,23,29)(H,24,31)(H,25,30)(H,26,27,28)/t15-/m0/s1. The van der Waals surface area contributed by atoms with Crippen LogP contribution in [-0.4, -0.2) is 41.3 Å². The van der Waals surface area contributed by atoms with Crippen molar-refractivity contribution in [1.29, 1.82) is 0 Å². The number of thiazole rings is 1. The van der Waals surface area contributed by atoms with E-state index >= 15 is 0 Å². The fourth-order valence-electron chi connectivity index (χ4n) is 3.52. The van der Waals surface area contributed by atoms with Gasteiger partial charge in [0, 0.05) is 10.9 Å². The van der Waals surface area contributed by atoms with Gasteiger partial charge in [-0.1, -0.05) is 12.1 Å². The molecule has 0 spiro atoms. The summed E-state index contributed by atoms with van der Waals surface area (Å²) in [6.07, 6.45) is -0.247. The highest BCUT2D eigenvalue weighted by Crippen LogP contribution is 2.33. The number of nitrogens with zero attached hydrogens (tertiary/aromatic N) is 1. The van der Waals surface area contributed by atoms with Crippen molar-refractivity contribution in [2.24, 2.45) is 0 Å². The fraction of sp³-hybridized carbons (Fsp3) is 0.136. The van der Waals surface area contributed by atoms with Crippen molar-refractivity contribution >= 4 is 51.5 Å². The molecule has 0 fully saturated rings. The maximum atomic E-state index is 12.6. The second kappa shape index (κ2) is 8.36. The number of carbonyl (C=O) groups is 4. The van der Waals surface area contributed by atoms with Crippen molar-refractivity contribution in [3.05, 3.63) is 53.4 Å². The molecular formula is C22H17N5O5S. The molecule has 4 amide bonds. The lowest BCUT2D eigenvalue weighted by atomic mass is 10.1. The molecule has 11 heteroatoms. The lowest BCUT2D eigenvalue weighted by Gasteiger charge is -2.18. The van der Waals surface area contributed by atoms with Gasteiger partial charge in [-0.3, -0.25) is 19.2 Å². The van der Waals surface area contributed by atoms with Crippen LogP contribution in [0.3, 0.4) is 0 Å². The maximum Gasteiger partial charge on any atom is 0.262 e. The third-order valence-corrected chi connectivity index (χ3v) is 5.86. The first-order valence-electron chi connectivity index (χ1n) is 9.99. The summed E-state index contributed by atoms with van der Waals surface area (Å²) in [7, 11) is 0. The number of anilines is 3. The largest absolute Gasteiger partial charge is 0.482 e. The molecule has 33 heavy (non-hydrogen) atoms. The summed E-state index contributed by atoms with van der Waals surface area (Å²) >= 11 is 1.22. The van der Waals surface area contributed by atoms with Gasteiger partial charge in [0.25, 0.3) is 11.8 Å². The van der Waals surface area contributed by atoms with Gasteiger partial charge in [0.15, 0.2) is 11.7 Å². The molecule has 5 rings (SSSR count). The van der Waals surface area contributed by atoms with Gasteiger partial charge in [-0.25, -0.2) is 4.98 Å². The first-order chi connectivity index (χ1) is 16.0. The molecule has 2 aromatic carbocycles. The number of benzene rings is 2. The molecule has 10 nitrogen and oxygen atoms in total. The van der Waals surface area contributed by atoms with E-state index in [-0.39, 0.29) is 18.9 Å². The molecule has 3 aromatic rings. The van der Waals surface area contributed by atoms with Crippen LogP contribution in [0.2, 0.25) is 0 Å². The summed E-state index contributed by atoms with van der Waals surface area (Å²) in [5.74, 6) is -1.02. The highest BCUT2D eigenvalue weighted by Gasteiger charge is 2.29. The Morgan fingerprint density at radius 3 is 2.85 bits per heavy atom. The first kappa shape index (κ1) is 20.6. The number of nitrogens with one attached hydrogen (secondary N) is 4. The summed E-state index contributed by atoms with van der Waals surface area (Å²) < 4.78 is 5.35. The Morgan fingerprint density at radius 1 is 1.12 bits per heavy atom. The Labute approximate surface area is 191 Å². The van der Waals surface area contributed by atoms with Crippen molar-refractivity contribution in [1.82, 2.24) is 10.3 Å². The molecule has 0 radical (unpaired) electrons. The van der Waals surface area contributed by atoms with Gasteiger partial charge >= 0.3 is 0 Å². The van der Waals surface area contributed by atoms with Crippen LogP contribution in [0.15, 0.2) is 47.8 Å². The van der Waals surface area contributed by atoms with Gasteiger partial charge in [-0.15, -0.1) is 11.3 Å². The lowest BCUT2D eigenvalue weighted by molar-refractivity contribution is -0.122. The zero-order valence-corrected chi connectivity index (χ0v) is 17.8. The molecule has 1 atom stereocenters. The van der Waals surface area contributed by atoms with E-state index in [4.69, 9.17) is 4.74 Å². The second-order valence-corrected chi connectivity index (χ2v) is 8.26. The highest BCUT2D eigenvalue weighted by atomic mass is 32.1. The molecule has 0 aliphatic carbocycles. The van der Waals surface area contributed by atoms with Crippen molar-refractivity contribution in [2.75, 3.05) is 22.6 Å². The Bertz CT molecular complexity index is 1300. The van der Waals surface area contributed by atoms with E-state index in [9.17, 15) is 19.2 Å². The minimum atomic E-state index is -1.02. The Morgan fingerprint density at radius 2 is 1.97 bits per heavy atom. The molecule has 4 N–H and O–H groups in total. The summed E-state index contributed by atoms with van der Waals surface area (Å²) in [6.45, 7) is -0.0230. The maximum absolute atomic E-state index is 12.6. The van der Waals surface area contributed by atoms with E-state index in [1.54, 1.807) is 47.8 Å². The number of hydrogen-bond acceptors (Lipinski definition) is 7. The van der Waals surface area contributed by atoms with Gasteiger partial charge in [-0.2, -0.15) is 0 Å². The van der Waals surface area contributed by atoms with Crippen LogP contribution in [0, 0.1) is 0 Å². The zero-order valence-electron chi connectivity index (χ0n) is 17.0. The van der Waals surface area contributed by atoms with E-state index in [0.717, 1.165) is 5.56 Å². The van der Waals surface area contributed by atoms with Gasteiger partial charge in [0.05, 0.1) is 29.1 Å². The smallest absolute Gasteiger partial charge is 0.262 e. The molecule has 166 valence electrons. The van der Waals surface area contributed by atoms with Gasteiger partial charge in [0.1, 0.15) is 11.8 Å². The molecule has 3 heterocycles. The molecule has 0 unspecified atom stereocenters. The van der Waals surface area contributed by atoms with Crippen LogP contribution < -0.4 is 26.0 Å². The molecule has 2 aliphatic heterocycles. The predicted molar refractivity (Wildman–Crippen MR) is 121 cm³/mol. The second-order valence-electron chi connectivity index (χ2n) is 7.40. The van der Waals surface area contributed by atoms with Crippen molar-refractivity contribution in [3.63, 3.8) is 0 Å². The number of ether oxygens (including phenoxy) is 1. The number of fused-ring (bicyclic) bond motifs is 2. The van der Waals surface area contributed by atoms with Gasteiger partial charge in [0.2, 0.25) is 11.8 Å². The monoisotopic (exact) mass is 463 g/mol. The highest BCUT2D eigenvalue weighted by molar-refractivity contribution is 7.14. The van der Waals surface area contributed by atoms with E-state index in [1.165, 1.54) is 11.3 Å². The number of amides is 4. The average molecular weight is 463 g/mol. The van der Waals surface area contributed by atoms with Crippen LogP contribution in [-0.2, 0) is 14.4 Å². The Balaban J connectivity index is 1.25. The zero-order chi connectivity index (χ0) is 22.9. The summed E-state index contributed by atoms with van der Waals surface area (Å²) in [4.78, 5) is 53.4. The van der Waals surface area contributed by atoms with E-state index < -0.39 is 23.8 Å².